The molecule has 154 valence electrons. The Morgan fingerprint density at radius 2 is 2.03 bits per heavy atom. The third-order valence-electron chi connectivity index (χ3n) is 6.77. The molecule has 1 amide bonds. The molecule has 3 aliphatic rings. The summed E-state index contributed by atoms with van der Waals surface area (Å²) in [6, 6.07) is 3.06. The van der Waals surface area contributed by atoms with Crippen LogP contribution in [0.3, 0.4) is 0 Å². The van der Waals surface area contributed by atoms with Gasteiger partial charge in [0.25, 0.3) is 5.91 Å². The van der Waals surface area contributed by atoms with E-state index in [2.05, 4.69) is 38.6 Å². The number of pyridine rings is 1. The number of nitrogens with zero attached hydrogens (tertiary/aromatic N) is 2. The van der Waals surface area contributed by atoms with Crippen molar-refractivity contribution in [2.24, 2.45) is 5.92 Å². The molecule has 0 radical (unpaired) electrons. The van der Waals surface area contributed by atoms with Crippen LogP contribution in [0.1, 0.15) is 59.3 Å². The SMILES string of the molecule is Cc1c(C#N)cnc(C(=O)NC2CCC3NNC(C=C4CCNCC4)C3C2)c1C. The van der Waals surface area contributed by atoms with Crippen LogP contribution in [-0.2, 0) is 0 Å². The second kappa shape index (κ2) is 8.62. The minimum atomic E-state index is -0.134. The predicted molar refractivity (Wildman–Crippen MR) is 111 cm³/mol. The molecule has 2 saturated heterocycles. The Labute approximate surface area is 172 Å². The number of rotatable bonds is 3. The molecule has 4 unspecified atom stereocenters. The van der Waals surface area contributed by atoms with E-state index in [9.17, 15) is 4.79 Å². The molecule has 3 fully saturated rings. The molecule has 0 spiro atoms. The first kappa shape index (κ1) is 20.0. The van der Waals surface area contributed by atoms with Gasteiger partial charge >= 0.3 is 0 Å². The van der Waals surface area contributed by atoms with E-state index in [0.29, 0.717) is 29.3 Å². The summed E-state index contributed by atoms with van der Waals surface area (Å²) in [6.07, 6.45) is 9.12. The normalized spacial score (nSPS) is 29.1. The second-order valence-electron chi connectivity index (χ2n) is 8.53. The van der Waals surface area contributed by atoms with Crippen LogP contribution in [0.25, 0.3) is 0 Å². The smallest absolute Gasteiger partial charge is 0.270 e. The highest BCUT2D eigenvalue weighted by Crippen LogP contribution is 2.32. The minimum absolute atomic E-state index is 0.134. The van der Waals surface area contributed by atoms with Crippen LogP contribution in [0.5, 0.6) is 0 Å². The van der Waals surface area contributed by atoms with Crippen molar-refractivity contribution in [3.8, 4) is 6.07 Å². The molecule has 7 heteroatoms. The Hall–Kier alpha value is -2.27. The lowest BCUT2D eigenvalue weighted by Crippen LogP contribution is -2.45. The highest BCUT2D eigenvalue weighted by Gasteiger charge is 2.40. The fourth-order valence-corrected chi connectivity index (χ4v) is 4.85. The Morgan fingerprint density at radius 3 is 2.79 bits per heavy atom. The van der Waals surface area contributed by atoms with E-state index in [-0.39, 0.29) is 11.9 Å². The summed E-state index contributed by atoms with van der Waals surface area (Å²) >= 11 is 0. The van der Waals surface area contributed by atoms with Crippen molar-refractivity contribution in [2.45, 2.75) is 64.1 Å². The van der Waals surface area contributed by atoms with Gasteiger partial charge in [-0.2, -0.15) is 5.26 Å². The number of nitrogens with one attached hydrogen (secondary N) is 4. The number of hydrazine groups is 1. The molecule has 4 rings (SSSR count). The van der Waals surface area contributed by atoms with Crippen molar-refractivity contribution in [3.05, 3.63) is 40.2 Å². The largest absolute Gasteiger partial charge is 0.348 e. The number of hydrogen-bond acceptors (Lipinski definition) is 6. The van der Waals surface area contributed by atoms with Gasteiger partial charge in [0, 0.05) is 24.3 Å². The van der Waals surface area contributed by atoms with Gasteiger partial charge in [0.1, 0.15) is 11.8 Å². The first-order valence-electron chi connectivity index (χ1n) is 10.7. The standard InChI is InChI=1S/C22H30N6O/c1-13-14(2)21(25-12-16(13)11-23)22(29)26-17-3-4-19-18(10-17)20(28-27-19)9-15-5-7-24-8-6-15/h9,12,17-20,24,27-28H,3-8,10H2,1-2H3,(H,26,29). The number of fused-ring (bicyclic) bond motifs is 1. The number of amides is 1. The van der Waals surface area contributed by atoms with Gasteiger partial charge in [-0.25, -0.2) is 4.98 Å². The maximum atomic E-state index is 12.9. The number of piperidine rings is 1. The van der Waals surface area contributed by atoms with Gasteiger partial charge in [0.05, 0.1) is 5.56 Å². The van der Waals surface area contributed by atoms with Gasteiger partial charge in [-0.1, -0.05) is 11.6 Å². The molecule has 0 aromatic carbocycles. The molecule has 0 bridgehead atoms. The molecule has 29 heavy (non-hydrogen) atoms. The molecule has 1 aromatic rings. The summed E-state index contributed by atoms with van der Waals surface area (Å²) in [5.41, 5.74) is 11.0. The van der Waals surface area contributed by atoms with Crippen LogP contribution < -0.4 is 21.5 Å². The van der Waals surface area contributed by atoms with E-state index in [0.717, 1.165) is 56.3 Å². The topological polar surface area (TPSA) is 102 Å². The third kappa shape index (κ3) is 4.20. The predicted octanol–water partition coefficient (Wildman–Crippen LogP) is 1.62. The molecule has 7 nitrogen and oxygen atoms in total. The van der Waals surface area contributed by atoms with Crippen molar-refractivity contribution in [1.29, 1.82) is 5.26 Å². The van der Waals surface area contributed by atoms with Crippen molar-refractivity contribution in [2.75, 3.05) is 13.1 Å². The molecule has 4 N–H and O–H groups in total. The molecular formula is C22H30N6O. The molecule has 3 heterocycles. The van der Waals surface area contributed by atoms with Crippen LogP contribution in [0.4, 0.5) is 0 Å². The maximum absolute atomic E-state index is 12.9. The second-order valence-corrected chi connectivity index (χ2v) is 8.53. The summed E-state index contributed by atoms with van der Waals surface area (Å²) in [7, 11) is 0. The van der Waals surface area contributed by atoms with E-state index in [4.69, 9.17) is 5.26 Å². The van der Waals surface area contributed by atoms with Crippen LogP contribution in [0.2, 0.25) is 0 Å². The Bertz CT molecular complexity index is 850. The molecular weight excluding hydrogens is 364 g/mol. The van der Waals surface area contributed by atoms with Crippen LogP contribution in [0.15, 0.2) is 17.8 Å². The number of hydrogen-bond donors (Lipinski definition) is 4. The summed E-state index contributed by atoms with van der Waals surface area (Å²) in [5.74, 6) is 0.346. The lowest BCUT2D eigenvalue weighted by Gasteiger charge is -2.33. The van der Waals surface area contributed by atoms with E-state index in [1.807, 2.05) is 13.8 Å². The van der Waals surface area contributed by atoms with E-state index in [1.54, 1.807) is 0 Å². The zero-order chi connectivity index (χ0) is 20.4. The van der Waals surface area contributed by atoms with Crippen LogP contribution in [-0.4, -0.2) is 42.1 Å². The number of carbonyl (C=O) groups excluding carboxylic acids is 1. The van der Waals surface area contributed by atoms with Crippen LogP contribution in [0, 0.1) is 31.1 Å². The van der Waals surface area contributed by atoms with E-state index in [1.165, 1.54) is 11.8 Å². The first-order valence-corrected chi connectivity index (χ1v) is 10.7. The average Bonchev–Trinajstić information content (AvgIpc) is 3.12. The van der Waals surface area contributed by atoms with E-state index < -0.39 is 0 Å². The van der Waals surface area contributed by atoms with Gasteiger partial charge < -0.3 is 10.6 Å². The number of nitriles is 1. The molecule has 1 saturated carbocycles. The van der Waals surface area contributed by atoms with Gasteiger partial charge in [-0.3, -0.25) is 15.6 Å². The Balaban J connectivity index is 1.42. The summed E-state index contributed by atoms with van der Waals surface area (Å²) in [6.45, 7) is 5.86. The monoisotopic (exact) mass is 394 g/mol. The van der Waals surface area contributed by atoms with Crippen molar-refractivity contribution in [1.82, 2.24) is 26.5 Å². The Kier molecular flexibility index (Phi) is 5.95. The minimum Gasteiger partial charge on any atom is -0.348 e. The van der Waals surface area contributed by atoms with Crippen molar-refractivity contribution in [3.63, 3.8) is 0 Å². The molecule has 4 atom stereocenters. The van der Waals surface area contributed by atoms with Crippen molar-refractivity contribution >= 4 is 5.91 Å². The molecule has 2 aliphatic heterocycles. The van der Waals surface area contributed by atoms with Gasteiger partial charge in [-0.15, -0.1) is 0 Å². The van der Waals surface area contributed by atoms with Crippen LogP contribution >= 0.6 is 0 Å². The van der Waals surface area contributed by atoms with E-state index >= 15 is 0 Å². The quantitative estimate of drug-likeness (QED) is 0.581. The fraction of sp³-hybridized carbons (Fsp3) is 0.591. The van der Waals surface area contributed by atoms with Gasteiger partial charge in [-0.05, 0) is 76.1 Å². The third-order valence-corrected chi connectivity index (χ3v) is 6.77. The molecule has 1 aromatic heterocycles. The molecule has 1 aliphatic carbocycles. The zero-order valence-electron chi connectivity index (χ0n) is 17.2. The summed E-state index contributed by atoms with van der Waals surface area (Å²) in [5, 5.41) is 15.8. The Morgan fingerprint density at radius 1 is 1.24 bits per heavy atom. The number of aromatic nitrogens is 1. The highest BCUT2D eigenvalue weighted by atomic mass is 16.1. The lowest BCUT2D eigenvalue weighted by molar-refractivity contribution is 0.0910. The number of carbonyl (C=O) groups is 1. The fourth-order valence-electron chi connectivity index (χ4n) is 4.85. The highest BCUT2D eigenvalue weighted by molar-refractivity contribution is 5.94. The zero-order valence-corrected chi connectivity index (χ0v) is 17.2. The summed E-state index contributed by atoms with van der Waals surface area (Å²) < 4.78 is 0. The maximum Gasteiger partial charge on any atom is 0.270 e. The summed E-state index contributed by atoms with van der Waals surface area (Å²) in [4.78, 5) is 17.1. The van der Waals surface area contributed by atoms with Crippen molar-refractivity contribution < 1.29 is 4.79 Å². The first-order chi connectivity index (χ1) is 14.1. The van der Waals surface area contributed by atoms with Gasteiger partial charge in [0.2, 0.25) is 0 Å². The lowest BCUT2D eigenvalue weighted by atomic mass is 9.78. The van der Waals surface area contributed by atoms with Gasteiger partial charge in [0.15, 0.2) is 0 Å². The average molecular weight is 395 g/mol.